The molecule has 1 rings (SSSR count). The van der Waals surface area contributed by atoms with Gasteiger partial charge in [-0.2, -0.15) is 0 Å². The van der Waals surface area contributed by atoms with E-state index >= 15 is 0 Å². The molecule has 0 heterocycles. The van der Waals surface area contributed by atoms with Gasteiger partial charge >= 0.3 is 0 Å². The van der Waals surface area contributed by atoms with E-state index in [4.69, 9.17) is 4.74 Å². The minimum absolute atomic E-state index is 0. The summed E-state index contributed by atoms with van der Waals surface area (Å²) >= 11 is 0. The van der Waals surface area contributed by atoms with Gasteiger partial charge in [0.2, 0.25) is 5.91 Å². The molecule has 7 heteroatoms. The van der Waals surface area contributed by atoms with Gasteiger partial charge in [0.1, 0.15) is 0 Å². The third-order valence-electron chi connectivity index (χ3n) is 3.37. The van der Waals surface area contributed by atoms with Crippen LogP contribution in [0.2, 0.25) is 0 Å². The first-order valence-electron chi connectivity index (χ1n) is 8.55. The summed E-state index contributed by atoms with van der Waals surface area (Å²) in [5.74, 6) is 0.826. The van der Waals surface area contributed by atoms with Crippen molar-refractivity contribution in [2.75, 3.05) is 39.9 Å². The quantitative estimate of drug-likeness (QED) is 0.242. The van der Waals surface area contributed by atoms with E-state index in [1.165, 1.54) is 0 Å². The second-order valence-corrected chi connectivity index (χ2v) is 5.37. The molecule has 0 spiro atoms. The Morgan fingerprint density at radius 2 is 1.92 bits per heavy atom. The number of nitrogens with one attached hydrogen (secondary N) is 2. The van der Waals surface area contributed by atoms with Gasteiger partial charge in [-0.15, -0.1) is 24.0 Å². The normalized spacial score (nSPS) is 10.8. The van der Waals surface area contributed by atoms with Crippen molar-refractivity contribution in [2.24, 2.45) is 4.99 Å². The second-order valence-electron chi connectivity index (χ2n) is 5.37. The molecule has 0 bridgehead atoms. The zero-order chi connectivity index (χ0) is 17.6. The summed E-state index contributed by atoms with van der Waals surface area (Å²) in [6.45, 7) is 7.84. The molecule has 0 aliphatic carbocycles. The van der Waals surface area contributed by atoms with Gasteiger partial charge in [0.25, 0.3) is 0 Å². The number of rotatable bonds is 10. The van der Waals surface area contributed by atoms with Crippen LogP contribution in [0.5, 0.6) is 0 Å². The first-order valence-corrected chi connectivity index (χ1v) is 8.55. The first-order chi connectivity index (χ1) is 11.7. The van der Waals surface area contributed by atoms with Crippen LogP contribution >= 0.6 is 24.0 Å². The maximum atomic E-state index is 12.2. The number of nitrogens with zero attached hydrogens (tertiary/aromatic N) is 2. The Morgan fingerprint density at radius 3 is 2.56 bits per heavy atom. The number of halogens is 1. The Labute approximate surface area is 168 Å². The molecule has 1 amide bonds. The zero-order valence-electron chi connectivity index (χ0n) is 15.5. The lowest BCUT2D eigenvalue weighted by atomic mass is 10.2. The average molecular weight is 462 g/mol. The van der Waals surface area contributed by atoms with E-state index in [0.717, 1.165) is 18.1 Å². The summed E-state index contributed by atoms with van der Waals surface area (Å²) in [6, 6.07) is 9.99. The van der Waals surface area contributed by atoms with Gasteiger partial charge in [-0.05, 0) is 19.4 Å². The number of benzene rings is 1. The monoisotopic (exact) mass is 462 g/mol. The highest BCUT2D eigenvalue weighted by molar-refractivity contribution is 14.0. The summed E-state index contributed by atoms with van der Waals surface area (Å²) in [5, 5.41) is 6.34. The molecule has 0 saturated heterocycles. The molecular formula is C18H31IN4O2. The summed E-state index contributed by atoms with van der Waals surface area (Å²) in [7, 11) is 1.83. The predicted molar refractivity (Wildman–Crippen MR) is 113 cm³/mol. The molecule has 0 saturated carbocycles. The third-order valence-corrected chi connectivity index (χ3v) is 3.37. The van der Waals surface area contributed by atoms with Gasteiger partial charge < -0.3 is 20.3 Å². The largest absolute Gasteiger partial charge is 0.380 e. The van der Waals surface area contributed by atoms with E-state index in [1.807, 2.05) is 51.2 Å². The molecule has 0 radical (unpaired) electrons. The topological polar surface area (TPSA) is 66.0 Å². The minimum atomic E-state index is 0. The number of hydrogen-bond acceptors (Lipinski definition) is 3. The maximum absolute atomic E-state index is 12.2. The van der Waals surface area contributed by atoms with Gasteiger partial charge in [-0.25, -0.2) is 0 Å². The number of amides is 1. The fourth-order valence-corrected chi connectivity index (χ4v) is 2.13. The number of hydrogen-bond donors (Lipinski definition) is 2. The Morgan fingerprint density at radius 1 is 1.20 bits per heavy atom. The van der Waals surface area contributed by atoms with Crippen molar-refractivity contribution < 1.29 is 9.53 Å². The smallest absolute Gasteiger partial charge is 0.224 e. The van der Waals surface area contributed by atoms with Crippen LogP contribution in [0.1, 0.15) is 25.8 Å². The molecule has 1 aromatic rings. The van der Waals surface area contributed by atoms with Crippen molar-refractivity contribution in [2.45, 2.75) is 26.8 Å². The van der Waals surface area contributed by atoms with E-state index in [2.05, 4.69) is 15.6 Å². The van der Waals surface area contributed by atoms with Gasteiger partial charge in [0.05, 0.1) is 13.2 Å². The number of aliphatic imine (C=N–C) groups is 1. The molecule has 6 nitrogen and oxygen atoms in total. The van der Waals surface area contributed by atoms with E-state index in [0.29, 0.717) is 39.3 Å². The second kappa shape index (κ2) is 14.9. The molecule has 0 aliphatic heterocycles. The first kappa shape index (κ1) is 23.6. The molecule has 0 aliphatic rings. The summed E-state index contributed by atoms with van der Waals surface area (Å²) in [5.41, 5.74) is 1.13. The molecule has 1 aromatic carbocycles. The fraction of sp³-hybridized carbons (Fsp3) is 0.556. The van der Waals surface area contributed by atoms with Crippen LogP contribution in [0.4, 0.5) is 0 Å². The van der Waals surface area contributed by atoms with Crippen LogP contribution in [-0.4, -0.2) is 56.7 Å². The zero-order valence-corrected chi connectivity index (χ0v) is 17.8. The van der Waals surface area contributed by atoms with Gasteiger partial charge in [-0.1, -0.05) is 30.3 Å². The summed E-state index contributed by atoms with van der Waals surface area (Å²) < 4.78 is 5.27. The predicted octanol–water partition coefficient (Wildman–Crippen LogP) is 2.24. The Kier molecular flexibility index (Phi) is 14.1. The van der Waals surface area contributed by atoms with Crippen LogP contribution < -0.4 is 10.6 Å². The molecule has 25 heavy (non-hydrogen) atoms. The van der Waals surface area contributed by atoms with Gasteiger partial charge in [0, 0.05) is 39.7 Å². The standard InChI is InChI=1S/C18H30N4O2.HI/c1-4-19-18(21-13-14-24-5-2)20-12-11-17(23)22(3)15-16-9-7-6-8-10-16;/h6-10H,4-5,11-15H2,1-3H3,(H2,19,20,21);1H. The van der Waals surface area contributed by atoms with Gasteiger partial charge in [-0.3, -0.25) is 9.79 Å². The highest BCUT2D eigenvalue weighted by Crippen LogP contribution is 2.03. The van der Waals surface area contributed by atoms with Crippen LogP contribution in [0, 0.1) is 0 Å². The lowest BCUT2D eigenvalue weighted by Crippen LogP contribution is -2.39. The van der Waals surface area contributed by atoms with Crippen molar-refractivity contribution >= 4 is 35.8 Å². The SMILES string of the molecule is CCNC(=NCCOCC)NCCC(=O)N(C)Cc1ccccc1.I. The highest BCUT2D eigenvalue weighted by atomic mass is 127. The van der Waals surface area contributed by atoms with E-state index in [-0.39, 0.29) is 29.9 Å². The van der Waals surface area contributed by atoms with Crippen molar-refractivity contribution in [1.82, 2.24) is 15.5 Å². The Balaban J connectivity index is 0.00000576. The highest BCUT2D eigenvalue weighted by Gasteiger charge is 2.09. The molecule has 0 aromatic heterocycles. The van der Waals surface area contributed by atoms with Crippen LogP contribution in [0.25, 0.3) is 0 Å². The molecular weight excluding hydrogens is 431 g/mol. The van der Waals surface area contributed by atoms with E-state index < -0.39 is 0 Å². The molecule has 142 valence electrons. The van der Waals surface area contributed by atoms with Gasteiger partial charge in [0.15, 0.2) is 5.96 Å². The average Bonchev–Trinajstić information content (AvgIpc) is 2.59. The molecule has 0 unspecified atom stereocenters. The van der Waals surface area contributed by atoms with Crippen LogP contribution in [0.3, 0.4) is 0 Å². The van der Waals surface area contributed by atoms with Crippen molar-refractivity contribution in [3.63, 3.8) is 0 Å². The summed E-state index contributed by atoms with van der Waals surface area (Å²) in [4.78, 5) is 18.3. The molecule has 0 fully saturated rings. The van der Waals surface area contributed by atoms with Crippen molar-refractivity contribution in [3.8, 4) is 0 Å². The Bertz CT molecular complexity index is 497. The Hall–Kier alpha value is -1.35. The number of carbonyl (C=O) groups excluding carboxylic acids is 1. The van der Waals surface area contributed by atoms with E-state index in [9.17, 15) is 4.79 Å². The number of ether oxygens (including phenoxy) is 1. The minimum Gasteiger partial charge on any atom is -0.380 e. The van der Waals surface area contributed by atoms with Crippen LogP contribution in [0.15, 0.2) is 35.3 Å². The fourth-order valence-electron chi connectivity index (χ4n) is 2.13. The number of guanidine groups is 1. The van der Waals surface area contributed by atoms with Crippen molar-refractivity contribution in [1.29, 1.82) is 0 Å². The van der Waals surface area contributed by atoms with E-state index in [1.54, 1.807) is 4.90 Å². The maximum Gasteiger partial charge on any atom is 0.224 e. The third kappa shape index (κ3) is 11.0. The lowest BCUT2D eigenvalue weighted by molar-refractivity contribution is -0.130. The lowest BCUT2D eigenvalue weighted by Gasteiger charge is -2.18. The van der Waals surface area contributed by atoms with Crippen molar-refractivity contribution in [3.05, 3.63) is 35.9 Å². The van der Waals surface area contributed by atoms with Crippen LogP contribution in [-0.2, 0) is 16.1 Å². The molecule has 2 N–H and O–H groups in total. The molecule has 0 atom stereocenters. The summed E-state index contributed by atoms with van der Waals surface area (Å²) in [6.07, 6.45) is 0.430. The number of carbonyl (C=O) groups is 1.